The monoisotopic (exact) mass is 288 g/mol. The van der Waals surface area contributed by atoms with Crippen LogP contribution in [0.15, 0.2) is 33.9 Å². The van der Waals surface area contributed by atoms with Crippen LogP contribution in [-0.2, 0) is 9.59 Å². The molecule has 1 aliphatic rings. The zero-order chi connectivity index (χ0) is 16.0. The van der Waals surface area contributed by atoms with Crippen LogP contribution in [0.4, 0.5) is 0 Å². The van der Waals surface area contributed by atoms with Gasteiger partial charge in [0.1, 0.15) is 0 Å². The molecule has 0 heterocycles. The zero-order valence-corrected chi connectivity index (χ0v) is 14.1. The number of carbonyl (C=O) groups excluding carboxylic acids is 2. The molecule has 0 fully saturated rings. The molecule has 0 atom stereocenters. The third kappa shape index (κ3) is 4.52. The molecule has 0 aromatic rings. The molecule has 116 valence electrons. The predicted octanol–water partition coefficient (Wildman–Crippen LogP) is 5.10. The lowest BCUT2D eigenvalue weighted by molar-refractivity contribution is -0.116. The highest BCUT2D eigenvalue weighted by atomic mass is 16.1. The van der Waals surface area contributed by atoms with Crippen molar-refractivity contribution in [3.63, 3.8) is 0 Å². The molecule has 0 N–H and O–H groups in total. The van der Waals surface area contributed by atoms with E-state index in [-0.39, 0.29) is 11.6 Å². The van der Waals surface area contributed by atoms with E-state index in [0.29, 0.717) is 28.7 Å². The summed E-state index contributed by atoms with van der Waals surface area (Å²) in [6.07, 6.45) is 8.66. The topological polar surface area (TPSA) is 34.1 Å². The molecule has 1 rings (SSSR count). The molecule has 0 saturated heterocycles. The van der Waals surface area contributed by atoms with Gasteiger partial charge in [-0.2, -0.15) is 0 Å². The van der Waals surface area contributed by atoms with Crippen molar-refractivity contribution in [1.29, 1.82) is 0 Å². The van der Waals surface area contributed by atoms with Crippen LogP contribution in [0.5, 0.6) is 0 Å². The number of unbranched alkanes of at least 4 members (excludes halogenated alkanes) is 3. The summed E-state index contributed by atoms with van der Waals surface area (Å²) in [7, 11) is 0. The van der Waals surface area contributed by atoms with Gasteiger partial charge in [0.05, 0.1) is 0 Å². The lowest BCUT2D eigenvalue weighted by Gasteiger charge is -2.18. The third-order valence-electron chi connectivity index (χ3n) is 4.38. The SMILES string of the molecule is CCCCC/C=C(\C)CCC1=C(C)C(=O)C(C)=C(C)C1=O. The molecule has 0 radical (unpaired) electrons. The summed E-state index contributed by atoms with van der Waals surface area (Å²) in [4.78, 5) is 24.4. The van der Waals surface area contributed by atoms with Gasteiger partial charge in [-0.15, -0.1) is 0 Å². The van der Waals surface area contributed by atoms with Gasteiger partial charge in [-0.05, 0) is 53.4 Å². The first-order chi connectivity index (χ1) is 9.90. The van der Waals surface area contributed by atoms with Gasteiger partial charge >= 0.3 is 0 Å². The van der Waals surface area contributed by atoms with E-state index in [4.69, 9.17) is 0 Å². The van der Waals surface area contributed by atoms with E-state index in [1.165, 1.54) is 24.8 Å². The number of hydrogen-bond acceptors (Lipinski definition) is 2. The molecule has 2 nitrogen and oxygen atoms in total. The van der Waals surface area contributed by atoms with Crippen molar-refractivity contribution in [2.24, 2.45) is 0 Å². The van der Waals surface area contributed by atoms with Crippen LogP contribution < -0.4 is 0 Å². The van der Waals surface area contributed by atoms with E-state index in [0.717, 1.165) is 12.8 Å². The number of carbonyl (C=O) groups is 2. The highest BCUT2D eigenvalue weighted by molar-refractivity contribution is 6.24. The fraction of sp³-hybridized carbons (Fsp3) is 0.579. The van der Waals surface area contributed by atoms with Crippen molar-refractivity contribution in [3.8, 4) is 0 Å². The lowest BCUT2D eigenvalue weighted by Crippen LogP contribution is -2.20. The Hall–Kier alpha value is -1.44. The standard InChI is InChI=1S/C19H28O2/c1-6-7-8-9-10-13(2)11-12-17-16(5)18(20)14(3)15(4)19(17)21/h10H,6-9,11-12H2,1-5H3/b13-10+. The smallest absolute Gasteiger partial charge is 0.185 e. The molecule has 0 bridgehead atoms. The molecule has 0 aromatic carbocycles. The van der Waals surface area contributed by atoms with Gasteiger partial charge in [0.15, 0.2) is 11.6 Å². The maximum absolute atomic E-state index is 12.3. The quantitative estimate of drug-likeness (QED) is 0.371. The van der Waals surface area contributed by atoms with Crippen molar-refractivity contribution in [1.82, 2.24) is 0 Å². The first-order valence-electron chi connectivity index (χ1n) is 8.02. The molecule has 0 aliphatic heterocycles. The summed E-state index contributed by atoms with van der Waals surface area (Å²) in [6.45, 7) is 9.61. The maximum atomic E-state index is 12.3. The second-order valence-electron chi connectivity index (χ2n) is 6.06. The Kier molecular flexibility index (Phi) is 6.80. The number of allylic oxidation sites excluding steroid dienone is 6. The van der Waals surface area contributed by atoms with E-state index < -0.39 is 0 Å². The summed E-state index contributed by atoms with van der Waals surface area (Å²) >= 11 is 0. The van der Waals surface area contributed by atoms with Crippen LogP contribution >= 0.6 is 0 Å². The van der Waals surface area contributed by atoms with E-state index in [2.05, 4.69) is 19.9 Å². The third-order valence-corrected chi connectivity index (χ3v) is 4.38. The van der Waals surface area contributed by atoms with Crippen molar-refractivity contribution in [3.05, 3.63) is 33.9 Å². The fourth-order valence-corrected chi connectivity index (χ4v) is 2.62. The van der Waals surface area contributed by atoms with Crippen molar-refractivity contribution in [2.45, 2.75) is 73.1 Å². The van der Waals surface area contributed by atoms with Crippen molar-refractivity contribution in [2.75, 3.05) is 0 Å². The maximum Gasteiger partial charge on any atom is 0.185 e. The van der Waals surface area contributed by atoms with Gasteiger partial charge in [0.2, 0.25) is 0 Å². The van der Waals surface area contributed by atoms with E-state index in [9.17, 15) is 9.59 Å². The molecular weight excluding hydrogens is 260 g/mol. The lowest BCUT2D eigenvalue weighted by atomic mass is 9.83. The Bertz CT molecular complexity index is 516. The fourth-order valence-electron chi connectivity index (χ4n) is 2.62. The number of Topliss-reactive ketones (excluding diaryl/α,β-unsaturated/α-hetero) is 2. The summed E-state index contributed by atoms with van der Waals surface area (Å²) in [5.74, 6) is 0.0926. The summed E-state index contributed by atoms with van der Waals surface area (Å²) < 4.78 is 0. The number of rotatable bonds is 7. The van der Waals surface area contributed by atoms with Gasteiger partial charge in [0.25, 0.3) is 0 Å². The zero-order valence-electron chi connectivity index (χ0n) is 14.1. The minimum Gasteiger partial charge on any atom is -0.289 e. The summed E-state index contributed by atoms with van der Waals surface area (Å²) in [5, 5.41) is 0. The molecule has 0 amide bonds. The van der Waals surface area contributed by atoms with E-state index >= 15 is 0 Å². The first kappa shape index (κ1) is 17.6. The predicted molar refractivity (Wildman–Crippen MR) is 88.2 cm³/mol. The Morgan fingerprint density at radius 2 is 1.57 bits per heavy atom. The number of ketones is 2. The Balaban J connectivity index is 2.66. The summed E-state index contributed by atoms with van der Waals surface area (Å²) in [6, 6.07) is 0. The molecule has 21 heavy (non-hydrogen) atoms. The normalized spacial score (nSPS) is 17.1. The van der Waals surface area contributed by atoms with E-state index in [1.54, 1.807) is 20.8 Å². The van der Waals surface area contributed by atoms with Crippen LogP contribution in [0.25, 0.3) is 0 Å². The Labute approximate surface area is 129 Å². The molecule has 1 aliphatic carbocycles. The van der Waals surface area contributed by atoms with Crippen molar-refractivity contribution < 1.29 is 9.59 Å². The highest BCUT2D eigenvalue weighted by Gasteiger charge is 2.27. The molecule has 0 aromatic heterocycles. The van der Waals surface area contributed by atoms with Gasteiger partial charge in [-0.25, -0.2) is 0 Å². The second-order valence-corrected chi connectivity index (χ2v) is 6.06. The van der Waals surface area contributed by atoms with Crippen LogP contribution in [0.2, 0.25) is 0 Å². The summed E-state index contributed by atoms with van der Waals surface area (Å²) in [5.41, 5.74) is 3.89. The van der Waals surface area contributed by atoms with Gasteiger partial charge in [-0.1, -0.05) is 31.4 Å². The van der Waals surface area contributed by atoms with Gasteiger partial charge in [-0.3, -0.25) is 9.59 Å². The molecular formula is C19H28O2. The van der Waals surface area contributed by atoms with Crippen LogP contribution in [0.3, 0.4) is 0 Å². The molecule has 0 spiro atoms. The minimum absolute atomic E-state index is 0.0340. The first-order valence-corrected chi connectivity index (χ1v) is 8.02. The minimum atomic E-state index is 0.0340. The average molecular weight is 288 g/mol. The highest BCUT2D eigenvalue weighted by Crippen LogP contribution is 2.28. The molecule has 2 heteroatoms. The molecule has 0 unspecified atom stereocenters. The van der Waals surface area contributed by atoms with Crippen molar-refractivity contribution >= 4 is 11.6 Å². The molecule has 0 saturated carbocycles. The largest absolute Gasteiger partial charge is 0.289 e. The van der Waals surface area contributed by atoms with Gasteiger partial charge < -0.3 is 0 Å². The van der Waals surface area contributed by atoms with Crippen LogP contribution in [-0.4, -0.2) is 11.6 Å². The van der Waals surface area contributed by atoms with Gasteiger partial charge in [0, 0.05) is 22.3 Å². The van der Waals surface area contributed by atoms with Crippen LogP contribution in [0.1, 0.15) is 73.1 Å². The second kappa shape index (κ2) is 8.11. The Morgan fingerprint density at radius 1 is 0.952 bits per heavy atom. The Morgan fingerprint density at radius 3 is 2.19 bits per heavy atom. The number of hydrogen-bond donors (Lipinski definition) is 0. The van der Waals surface area contributed by atoms with Crippen LogP contribution in [0, 0.1) is 0 Å². The van der Waals surface area contributed by atoms with E-state index in [1.807, 2.05) is 0 Å². The average Bonchev–Trinajstić information content (AvgIpc) is 2.47.